The number of hydrogen-bond acceptors (Lipinski definition) is 4. The van der Waals surface area contributed by atoms with Gasteiger partial charge in [-0.25, -0.2) is 0 Å². The number of benzene rings is 2. The van der Waals surface area contributed by atoms with Gasteiger partial charge in [0.1, 0.15) is 12.4 Å². The SMILES string of the molecule is O=C1c2ccc(OC[C@@H]3CCCO3)cc2CCN1[C@@H]1Cc2ccc(CN3CCCCC3)cc2C1. The molecule has 0 aromatic heterocycles. The minimum atomic E-state index is 0.179. The van der Waals surface area contributed by atoms with E-state index < -0.39 is 0 Å². The molecule has 5 heteroatoms. The first-order valence-corrected chi connectivity index (χ1v) is 13.2. The summed E-state index contributed by atoms with van der Waals surface area (Å²) in [5.41, 5.74) is 6.25. The Kier molecular flexibility index (Phi) is 6.32. The van der Waals surface area contributed by atoms with Gasteiger partial charge in [-0.15, -0.1) is 0 Å². The second-order valence-electron chi connectivity index (χ2n) is 10.5. The molecule has 0 radical (unpaired) electrons. The number of carbonyl (C=O) groups excluding carboxylic acids is 1. The monoisotopic (exact) mass is 460 g/mol. The zero-order valence-corrected chi connectivity index (χ0v) is 20.1. The minimum Gasteiger partial charge on any atom is -0.491 e. The third kappa shape index (κ3) is 4.60. The first-order valence-electron chi connectivity index (χ1n) is 13.2. The highest BCUT2D eigenvalue weighted by Gasteiger charge is 2.34. The number of fused-ring (bicyclic) bond motifs is 2. The number of nitrogens with zero attached hydrogens (tertiary/aromatic N) is 2. The van der Waals surface area contributed by atoms with Crippen LogP contribution in [0.5, 0.6) is 5.75 Å². The molecule has 2 atom stereocenters. The van der Waals surface area contributed by atoms with E-state index in [1.54, 1.807) is 0 Å². The van der Waals surface area contributed by atoms with Gasteiger partial charge >= 0.3 is 0 Å². The molecule has 0 N–H and O–H groups in total. The Morgan fingerprint density at radius 2 is 1.79 bits per heavy atom. The van der Waals surface area contributed by atoms with Crippen molar-refractivity contribution in [2.45, 2.75) is 70.1 Å². The Balaban J connectivity index is 1.09. The maximum atomic E-state index is 13.4. The van der Waals surface area contributed by atoms with E-state index in [0.29, 0.717) is 6.61 Å². The van der Waals surface area contributed by atoms with Crippen LogP contribution in [0.3, 0.4) is 0 Å². The number of hydrogen-bond donors (Lipinski definition) is 0. The van der Waals surface area contributed by atoms with Crippen molar-refractivity contribution < 1.29 is 14.3 Å². The summed E-state index contributed by atoms with van der Waals surface area (Å²) >= 11 is 0. The van der Waals surface area contributed by atoms with Crippen LogP contribution < -0.4 is 4.74 Å². The molecule has 1 aliphatic carbocycles. The van der Waals surface area contributed by atoms with E-state index >= 15 is 0 Å². The lowest BCUT2D eigenvalue weighted by Gasteiger charge is -2.33. The summed E-state index contributed by atoms with van der Waals surface area (Å²) in [4.78, 5) is 18.1. The van der Waals surface area contributed by atoms with Crippen molar-refractivity contribution in [2.24, 2.45) is 0 Å². The summed E-state index contributed by atoms with van der Waals surface area (Å²) in [6.45, 7) is 5.74. The standard InChI is InChI=1S/C29H36N2O3/c32-29-28-9-8-26(34-20-27-5-4-14-33-27)18-23(28)10-13-31(29)25-16-22-7-6-21(15-24(22)17-25)19-30-11-2-1-3-12-30/h6-9,15,18,25,27H,1-5,10-14,16-17,19-20H2/t25-,27+/m1/s1. The summed E-state index contributed by atoms with van der Waals surface area (Å²) in [6, 6.07) is 13.3. The largest absolute Gasteiger partial charge is 0.491 e. The van der Waals surface area contributed by atoms with Crippen LogP contribution in [0.1, 0.15) is 64.7 Å². The van der Waals surface area contributed by atoms with Crippen molar-refractivity contribution in [3.8, 4) is 5.75 Å². The Morgan fingerprint density at radius 3 is 2.65 bits per heavy atom. The van der Waals surface area contributed by atoms with E-state index in [9.17, 15) is 4.79 Å². The van der Waals surface area contributed by atoms with E-state index in [4.69, 9.17) is 9.47 Å². The van der Waals surface area contributed by atoms with Gasteiger partial charge in [-0.2, -0.15) is 0 Å². The fourth-order valence-electron chi connectivity index (χ4n) is 6.23. The van der Waals surface area contributed by atoms with E-state index in [1.165, 1.54) is 49.0 Å². The van der Waals surface area contributed by atoms with Gasteiger partial charge in [0.25, 0.3) is 5.91 Å². The van der Waals surface area contributed by atoms with Gasteiger partial charge in [-0.05, 0) is 98.5 Å². The Bertz CT molecular complexity index is 1040. The highest BCUT2D eigenvalue weighted by Crippen LogP contribution is 2.32. The predicted octanol–water partition coefficient (Wildman–Crippen LogP) is 4.40. The number of likely N-dealkylation sites (tertiary alicyclic amines) is 1. The Hall–Kier alpha value is -2.37. The molecule has 1 amide bonds. The molecule has 0 bridgehead atoms. The van der Waals surface area contributed by atoms with Gasteiger partial charge < -0.3 is 14.4 Å². The molecular weight excluding hydrogens is 424 g/mol. The fraction of sp³-hybridized carbons (Fsp3) is 0.552. The van der Waals surface area contributed by atoms with Crippen molar-refractivity contribution in [2.75, 3.05) is 32.8 Å². The second-order valence-corrected chi connectivity index (χ2v) is 10.5. The molecule has 5 nitrogen and oxygen atoms in total. The van der Waals surface area contributed by atoms with Crippen molar-refractivity contribution in [3.05, 3.63) is 64.2 Å². The van der Waals surface area contributed by atoms with Gasteiger partial charge in [-0.1, -0.05) is 24.6 Å². The van der Waals surface area contributed by atoms with Gasteiger partial charge in [0, 0.05) is 31.3 Å². The van der Waals surface area contributed by atoms with Crippen LogP contribution in [0, 0.1) is 0 Å². The molecule has 34 heavy (non-hydrogen) atoms. The number of ether oxygens (including phenoxy) is 2. The molecule has 0 unspecified atom stereocenters. The van der Waals surface area contributed by atoms with Gasteiger partial charge in [-0.3, -0.25) is 9.69 Å². The Morgan fingerprint density at radius 1 is 0.912 bits per heavy atom. The normalized spacial score (nSPS) is 24.8. The van der Waals surface area contributed by atoms with Crippen molar-refractivity contribution in [3.63, 3.8) is 0 Å². The first kappa shape index (κ1) is 22.1. The van der Waals surface area contributed by atoms with Crippen LogP contribution in [-0.2, 0) is 30.5 Å². The van der Waals surface area contributed by atoms with Crippen LogP contribution in [-0.4, -0.2) is 60.7 Å². The molecule has 0 spiro atoms. The van der Waals surface area contributed by atoms with Crippen LogP contribution in [0.15, 0.2) is 36.4 Å². The zero-order valence-electron chi connectivity index (χ0n) is 20.1. The third-order valence-electron chi connectivity index (χ3n) is 8.13. The summed E-state index contributed by atoms with van der Waals surface area (Å²) in [7, 11) is 0. The number of piperidine rings is 1. The third-order valence-corrected chi connectivity index (χ3v) is 8.13. The summed E-state index contributed by atoms with van der Waals surface area (Å²) in [5.74, 6) is 1.03. The molecule has 0 saturated carbocycles. The smallest absolute Gasteiger partial charge is 0.254 e. The van der Waals surface area contributed by atoms with Crippen molar-refractivity contribution in [1.29, 1.82) is 0 Å². The highest BCUT2D eigenvalue weighted by atomic mass is 16.5. The lowest BCUT2D eigenvalue weighted by molar-refractivity contribution is 0.0657. The molecule has 3 aliphatic heterocycles. The van der Waals surface area contributed by atoms with Gasteiger partial charge in [0.2, 0.25) is 0 Å². The maximum Gasteiger partial charge on any atom is 0.254 e. The topological polar surface area (TPSA) is 42.0 Å². The predicted molar refractivity (Wildman–Crippen MR) is 132 cm³/mol. The van der Waals surface area contributed by atoms with Gasteiger partial charge in [0.05, 0.1) is 6.10 Å². The van der Waals surface area contributed by atoms with Crippen molar-refractivity contribution >= 4 is 5.91 Å². The van der Waals surface area contributed by atoms with Gasteiger partial charge in [0.15, 0.2) is 0 Å². The molecule has 4 aliphatic rings. The first-order chi connectivity index (χ1) is 16.7. The quantitative estimate of drug-likeness (QED) is 0.641. The van der Waals surface area contributed by atoms with E-state index in [1.807, 2.05) is 12.1 Å². The van der Waals surface area contributed by atoms with E-state index in [2.05, 4.69) is 34.1 Å². The molecule has 2 fully saturated rings. The van der Waals surface area contributed by atoms with E-state index in [0.717, 1.165) is 68.7 Å². The van der Waals surface area contributed by atoms with Crippen LogP contribution in [0.25, 0.3) is 0 Å². The van der Waals surface area contributed by atoms with E-state index in [-0.39, 0.29) is 18.1 Å². The fourth-order valence-corrected chi connectivity index (χ4v) is 6.23. The summed E-state index contributed by atoms with van der Waals surface area (Å²) in [5, 5.41) is 0. The van der Waals surface area contributed by atoms with Crippen molar-refractivity contribution in [1.82, 2.24) is 9.80 Å². The number of rotatable bonds is 6. The molecule has 2 aromatic rings. The summed E-state index contributed by atoms with van der Waals surface area (Å²) < 4.78 is 11.6. The van der Waals surface area contributed by atoms with Crippen LogP contribution in [0.4, 0.5) is 0 Å². The van der Waals surface area contributed by atoms with Crippen LogP contribution >= 0.6 is 0 Å². The summed E-state index contributed by atoms with van der Waals surface area (Å²) in [6.07, 6.45) is 9.27. The zero-order chi connectivity index (χ0) is 22.9. The molecule has 6 rings (SSSR count). The molecular formula is C29H36N2O3. The van der Waals surface area contributed by atoms with Crippen LogP contribution in [0.2, 0.25) is 0 Å². The molecule has 2 aromatic carbocycles. The lowest BCUT2D eigenvalue weighted by Crippen LogP contribution is -2.45. The second kappa shape index (κ2) is 9.71. The number of amides is 1. The average Bonchev–Trinajstić information content (AvgIpc) is 3.53. The lowest BCUT2D eigenvalue weighted by atomic mass is 9.96. The number of carbonyl (C=O) groups is 1. The molecule has 2 saturated heterocycles. The highest BCUT2D eigenvalue weighted by molar-refractivity contribution is 5.97. The minimum absolute atomic E-state index is 0.179. The maximum absolute atomic E-state index is 13.4. The molecule has 180 valence electrons. The molecule has 3 heterocycles. The average molecular weight is 461 g/mol. The Labute approximate surface area is 203 Å².